The molecule has 0 amide bonds. The molecule has 4 nitrogen and oxygen atoms in total. The van der Waals surface area contributed by atoms with Gasteiger partial charge in [0.15, 0.2) is 0 Å². The third-order valence-corrected chi connectivity index (χ3v) is 2.76. The van der Waals surface area contributed by atoms with E-state index in [4.69, 9.17) is 4.74 Å². The van der Waals surface area contributed by atoms with Crippen molar-refractivity contribution < 1.29 is 4.74 Å². The Morgan fingerprint density at radius 2 is 2.00 bits per heavy atom. The van der Waals surface area contributed by atoms with Crippen LogP contribution in [0.5, 0.6) is 0 Å². The van der Waals surface area contributed by atoms with E-state index in [0.717, 1.165) is 0 Å². The molecule has 0 bridgehead atoms. The number of aliphatic imine (C=N–C) groups is 1. The van der Waals surface area contributed by atoms with E-state index in [9.17, 15) is 0 Å². The number of ether oxygens (including phenoxy) is 1. The average molecular weight is 271 g/mol. The quantitative estimate of drug-likeness (QED) is 0.530. The van der Waals surface area contributed by atoms with Crippen molar-refractivity contribution in [1.82, 2.24) is 9.97 Å². The molecule has 0 aliphatic heterocycles. The summed E-state index contributed by atoms with van der Waals surface area (Å²) in [4.78, 5) is 12.6. The van der Waals surface area contributed by atoms with E-state index in [0.29, 0.717) is 27.9 Å². The minimum atomic E-state index is 0.411. The summed E-state index contributed by atoms with van der Waals surface area (Å²) in [6, 6.07) is 9.19. The van der Waals surface area contributed by atoms with Crippen LogP contribution < -0.4 is 0 Å². The maximum atomic E-state index is 5.28. The predicted molar refractivity (Wildman–Crippen MR) is 78.3 cm³/mol. The third-order valence-electron chi connectivity index (χ3n) is 2.41. The van der Waals surface area contributed by atoms with Crippen LogP contribution in [0.3, 0.4) is 0 Å². The summed E-state index contributed by atoms with van der Waals surface area (Å²) in [6.07, 6.45) is 3.35. The minimum Gasteiger partial charge on any atom is -0.480 e. The Morgan fingerprint density at radius 3 is 2.63 bits per heavy atom. The van der Waals surface area contributed by atoms with Gasteiger partial charge in [0, 0.05) is 12.4 Å². The Bertz CT molecular complexity index is 611. The highest BCUT2D eigenvalue weighted by molar-refractivity contribution is 7.80. The van der Waals surface area contributed by atoms with E-state index in [2.05, 4.69) is 34.2 Å². The first-order valence-corrected chi connectivity index (χ1v) is 6.04. The fourth-order valence-electron chi connectivity index (χ4n) is 1.49. The van der Waals surface area contributed by atoms with E-state index in [-0.39, 0.29) is 0 Å². The van der Waals surface area contributed by atoms with Crippen LogP contribution in [0, 0.1) is 0 Å². The summed E-state index contributed by atoms with van der Waals surface area (Å²) >= 11 is 4.28. The van der Waals surface area contributed by atoms with Crippen molar-refractivity contribution in [2.45, 2.75) is 5.03 Å². The van der Waals surface area contributed by atoms with Crippen LogP contribution in [-0.2, 0) is 4.74 Å². The monoisotopic (exact) mass is 271 g/mol. The fourth-order valence-corrected chi connectivity index (χ4v) is 1.73. The molecule has 0 aliphatic carbocycles. The van der Waals surface area contributed by atoms with Crippen molar-refractivity contribution in [2.24, 2.45) is 4.99 Å². The number of rotatable bonds is 3. The molecule has 0 aliphatic rings. The third kappa shape index (κ3) is 3.20. The van der Waals surface area contributed by atoms with Gasteiger partial charge in [0.05, 0.1) is 24.1 Å². The summed E-state index contributed by atoms with van der Waals surface area (Å²) < 4.78 is 5.28. The van der Waals surface area contributed by atoms with E-state index < -0.39 is 0 Å². The highest BCUT2D eigenvalue weighted by Gasteiger charge is 2.09. The largest absolute Gasteiger partial charge is 0.480 e. The molecule has 0 unspecified atom stereocenters. The molecule has 0 fully saturated rings. The molecule has 0 radical (unpaired) electrons. The summed E-state index contributed by atoms with van der Waals surface area (Å²) in [6.45, 7) is 3.89. The van der Waals surface area contributed by atoms with Crippen LogP contribution in [0.15, 0.2) is 59.3 Å². The van der Waals surface area contributed by atoms with Crippen molar-refractivity contribution in [2.75, 3.05) is 7.11 Å². The van der Waals surface area contributed by atoms with Gasteiger partial charge in [0.2, 0.25) is 5.90 Å². The summed E-state index contributed by atoms with van der Waals surface area (Å²) in [7, 11) is 1.55. The summed E-state index contributed by atoms with van der Waals surface area (Å²) in [5.74, 6) is 0.411. The van der Waals surface area contributed by atoms with Gasteiger partial charge in [-0.1, -0.05) is 12.6 Å². The molecule has 2 heterocycles. The highest BCUT2D eigenvalue weighted by Crippen LogP contribution is 2.16. The first-order valence-electron chi connectivity index (χ1n) is 5.59. The number of hydrogen-bond donors (Lipinski definition) is 1. The van der Waals surface area contributed by atoms with Gasteiger partial charge in [-0.25, -0.2) is 9.98 Å². The standard InChI is InChI=1S/C14H13N3OS/c1-10(12-7-3-4-8-15-12)17-13(18-2)11-6-5-9-16-14(11)19/h3-9H,1H2,2H3,(H,16,19)/b17-13-. The van der Waals surface area contributed by atoms with Crippen molar-refractivity contribution in [1.29, 1.82) is 0 Å². The Labute approximate surface area is 117 Å². The van der Waals surface area contributed by atoms with Crippen molar-refractivity contribution >= 4 is 24.2 Å². The molecule has 2 aromatic rings. The summed E-state index contributed by atoms with van der Waals surface area (Å²) in [5.41, 5.74) is 1.93. The summed E-state index contributed by atoms with van der Waals surface area (Å²) in [5, 5.41) is 0.553. The van der Waals surface area contributed by atoms with Gasteiger partial charge in [-0.2, -0.15) is 0 Å². The van der Waals surface area contributed by atoms with Gasteiger partial charge in [0.25, 0.3) is 0 Å². The molecule has 2 aromatic heterocycles. The van der Waals surface area contributed by atoms with Gasteiger partial charge < -0.3 is 4.74 Å². The Morgan fingerprint density at radius 1 is 1.21 bits per heavy atom. The van der Waals surface area contributed by atoms with Gasteiger partial charge >= 0.3 is 0 Å². The van der Waals surface area contributed by atoms with Crippen molar-refractivity contribution in [3.63, 3.8) is 0 Å². The Balaban J connectivity index is 2.35. The highest BCUT2D eigenvalue weighted by atomic mass is 32.1. The number of methoxy groups -OCH3 is 1. The zero-order valence-corrected chi connectivity index (χ0v) is 11.3. The fraction of sp³-hybridized carbons (Fsp3) is 0.0714. The lowest BCUT2D eigenvalue weighted by Crippen LogP contribution is -2.06. The number of pyridine rings is 2. The lowest BCUT2D eigenvalue weighted by atomic mass is 10.2. The van der Waals surface area contributed by atoms with Crippen LogP contribution in [0.4, 0.5) is 0 Å². The minimum absolute atomic E-state index is 0.411. The van der Waals surface area contributed by atoms with Crippen LogP contribution in [0.2, 0.25) is 0 Å². The maximum absolute atomic E-state index is 5.28. The molecule has 0 saturated heterocycles. The van der Waals surface area contributed by atoms with Gasteiger partial charge in [-0.05, 0) is 24.3 Å². The Kier molecular flexibility index (Phi) is 4.30. The average Bonchev–Trinajstić information content (AvgIpc) is 2.46. The molecule has 0 atom stereocenters. The maximum Gasteiger partial charge on any atom is 0.223 e. The molecule has 0 aromatic carbocycles. The number of thiol groups is 1. The molecule has 96 valence electrons. The topological polar surface area (TPSA) is 47.4 Å². The molecule has 19 heavy (non-hydrogen) atoms. The zero-order chi connectivity index (χ0) is 13.7. The Hall–Kier alpha value is -2.14. The molecule has 0 N–H and O–H groups in total. The number of hydrogen-bond acceptors (Lipinski definition) is 5. The lowest BCUT2D eigenvalue weighted by molar-refractivity contribution is 0.404. The van der Waals surface area contributed by atoms with E-state index in [1.165, 1.54) is 0 Å². The van der Waals surface area contributed by atoms with Crippen molar-refractivity contribution in [3.05, 3.63) is 60.6 Å². The van der Waals surface area contributed by atoms with Crippen LogP contribution >= 0.6 is 12.6 Å². The van der Waals surface area contributed by atoms with Crippen LogP contribution in [0.25, 0.3) is 5.70 Å². The number of aromatic nitrogens is 2. The molecular weight excluding hydrogens is 258 g/mol. The number of nitrogens with zero attached hydrogens (tertiary/aromatic N) is 3. The molecule has 5 heteroatoms. The normalized spacial score (nSPS) is 11.2. The first kappa shape index (κ1) is 13.3. The smallest absolute Gasteiger partial charge is 0.223 e. The zero-order valence-electron chi connectivity index (χ0n) is 10.4. The first-order chi connectivity index (χ1) is 9.22. The molecular formula is C14H13N3OS. The lowest BCUT2D eigenvalue weighted by Gasteiger charge is -2.07. The second kappa shape index (κ2) is 6.15. The molecule has 0 saturated carbocycles. The van der Waals surface area contributed by atoms with Crippen molar-refractivity contribution in [3.8, 4) is 0 Å². The van der Waals surface area contributed by atoms with Gasteiger partial charge in [0.1, 0.15) is 5.03 Å². The van der Waals surface area contributed by atoms with Gasteiger partial charge in [-0.3, -0.25) is 4.98 Å². The predicted octanol–water partition coefficient (Wildman–Crippen LogP) is 2.83. The SMILES string of the molecule is C=C(/N=C(\OC)c1cccnc1S)c1ccccn1. The molecule has 0 spiro atoms. The second-order valence-corrected chi connectivity index (χ2v) is 4.08. The van der Waals surface area contributed by atoms with E-state index in [1.54, 1.807) is 25.6 Å². The van der Waals surface area contributed by atoms with Gasteiger partial charge in [-0.15, -0.1) is 12.6 Å². The van der Waals surface area contributed by atoms with Crippen LogP contribution in [0.1, 0.15) is 11.3 Å². The van der Waals surface area contributed by atoms with E-state index >= 15 is 0 Å². The van der Waals surface area contributed by atoms with Crippen LogP contribution in [-0.4, -0.2) is 23.0 Å². The van der Waals surface area contributed by atoms with E-state index in [1.807, 2.05) is 24.3 Å². The molecule has 2 rings (SSSR count). The second-order valence-electron chi connectivity index (χ2n) is 3.66.